The van der Waals surface area contributed by atoms with E-state index >= 15 is 0 Å². The summed E-state index contributed by atoms with van der Waals surface area (Å²) in [7, 11) is 1.60. The van der Waals surface area contributed by atoms with Gasteiger partial charge in [-0.25, -0.2) is 9.97 Å². The van der Waals surface area contributed by atoms with Crippen LogP contribution in [0.4, 0.5) is 5.69 Å². The van der Waals surface area contributed by atoms with Crippen LogP contribution in [0.2, 0.25) is 0 Å². The molecule has 0 aliphatic carbocycles. The number of pyridine rings is 1. The first-order valence-electron chi connectivity index (χ1n) is 8.05. The summed E-state index contributed by atoms with van der Waals surface area (Å²) in [5.74, 6) is 0.259. The molecule has 2 aromatic heterocycles. The highest BCUT2D eigenvalue weighted by Gasteiger charge is 2.11. The summed E-state index contributed by atoms with van der Waals surface area (Å²) < 4.78 is 10.3. The van der Waals surface area contributed by atoms with Crippen LogP contribution in [0.1, 0.15) is 17.7 Å². The molecule has 9 heteroatoms. The molecule has 0 bridgehead atoms. The summed E-state index contributed by atoms with van der Waals surface area (Å²) in [6.45, 7) is 2.66. The average molecular weight is 378 g/mol. The Kier molecular flexibility index (Phi) is 7.61. The van der Waals surface area contributed by atoms with Crippen LogP contribution in [-0.2, 0) is 16.0 Å². The number of rotatable bonds is 9. The van der Waals surface area contributed by atoms with Gasteiger partial charge in [0, 0.05) is 30.9 Å². The van der Waals surface area contributed by atoms with E-state index in [1.54, 1.807) is 26.2 Å². The fraction of sp³-hybridized carbons (Fsp3) is 0.412. The van der Waals surface area contributed by atoms with Gasteiger partial charge < -0.3 is 19.8 Å². The Hall–Kier alpha value is -2.39. The molecule has 2 rings (SSSR count). The number of aryl methyl sites for hydroxylation is 1. The van der Waals surface area contributed by atoms with Crippen molar-refractivity contribution in [2.24, 2.45) is 0 Å². The maximum atomic E-state index is 12.1. The third kappa shape index (κ3) is 5.85. The SMILES string of the molecule is COCCOc1ccc(NC(=O)CCc2c(C)nc(SC)[nH]c2=O)cn1. The van der Waals surface area contributed by atoms with E-state index < -0.39 is 0 Å². The normalized spacial score (nSPS) is 10.6. The molecule has 0 unspecified atom stereocenters. The Morgan fingerprint density at radius 2 is 2.15 bits per heavy atom. The van der Waals surface area contributed by atoms with Crippen LogP contribution in [0.3, 0.4) is 0 Å². The molecule has 0 aromatic carbocycles. The first-order chi connectivity index (χ1) is 12.5. The van der Waals surface area contributed by atoms with Gasteiger partial charge >= 0.3 is 0 Å². The van der Waals surface area contributed by atoms with Gasteiger partial charge in [-0.2, -0.15) is 0 Å². The molecule has 0 saturated heterocycles. The van der Waals surface area contributed by atoms with E-state index in [1.807, 2.05) is 6.26 Å². The second-order valence-corrected chi connectivity index (χ2v) is 6.21. The van der Waals surface area contributed by atoms with Gasteiger partial charge in [-0.05, 0) is 25.7 Å². The minimum absolute atomic E-state index is 0.177. The van der Waals surface area contributed by atoms with Crippen LogP contribution in [0.5, 0.6) is 5.88 Å². The number of aromatic nitrogens is 3. The van der Waals surface area contributed by atoms with Crippen LogP contribution < -0.4 is 15.6 Å². The molecule has 0 aliphatic heterocycles. The lowest BCUT2D eigenvalue weighted by Gasteiger charge is -2.08. The quantitative estimate of drug-likeness (QED) is 0.389. The second kappa shape index (κ2) is 9.93. The van der Waals surface area contributed by atoms with Crippen molar-refractivity contribution in [1.82, 2.24) is 15.0 Å². The second-order valence-electron chi connectivity index (χ2n) is 5.41. The maximum absolute atomic E-state index is 12.1. The Morgan fingerprint density at radius 1 is 1.35 bits per heavy atom. The monoisotopic (exact) mass is 378 g/mol. The number of methoxy groups -OCH3 is 1. The summed E-state index contributed by atoms with van der Waals surface area (Å²) in [5.41, 5.74) is 1.53. The molecule has 0 saturated carbocycles. The molecule has 0 fully saturated rings. The molecule has 0 radical (unpaired) electrons. The van der Waals surface area contributed by atoms with Crippen LogP contribution in [0, 0.1) is 6.92 Å². The highest BCUT2D eigenvalue weighted by atomic mass is 32.2. The van der Waals surface area contributed by atoms with Crippen molar-refractivity contribution in [3.63, 3.8) is 0 Å². The standard InChI is InChI=1S/C17H22N4O4S/c1-11-13(16(23)21-17(19-11)26-3)5-6-14(22)20-12-4-7-15(18-10-12)25-9-8-24-2/h4,7,10H,5-6,8-9H2,1-3H3,(H,20,22)(H,19,21,23). The van der Waals surface area contributed by atoms with Crippen molar-refractivity contribution in [2.75, 3.05) is 31.9 Å². The van der Waals surface area contributed by atoms with E-state index in [9.17, 15) is 9.59 Å². The number of hydrogen-bond donors (Lipinski definition) is 2. The number of carbonyl (C=O) groups is 1. The lowest BCUT2D eigenvalue weighted by molar-refractivity contribution is -0.116. The third-order valence-corrected chi connectivity index (χ3v) is 4.13. The molecular weight excluding hydrogens is 356 g/mol. The minimum atomic E-state index is -0.201. The van der Waals surface area contributed by atoms with Gasteiger partial charge in [-0.15, -0.1) is 0 Å². The van der Waals surface area contributed by atoms with E-state index in [0.29, 0.717) is 47.6 Å². The van der Waals surface area contributed by atoms with Crippen molar-refractivity contribution in [3.8, 4) is 5.88 Å². The van der Waals surface area contributed by atoms with Crippen molar-refractivity contribution in [1.29, 1.82) is 0 Å². The largest absolute Gasteiger partial charge is 0.475 e. The molecule has 1 amide bonds. The van der Waals surface area contributed by atoms with Gasteiger partial charge in [0.05, 0.1) is 18.5 Å². The number of anilines is 1. The maximum Gasteiger partial charge on any atom is 0.254 e. The van der Waals surface area contributed by atoms with Crippen molar-refractivity contribution in [2.45, 2.75) is 24.9 Å². The average Bonchev–Trinajstić information content (AvgIpc) is 2.62. The fourth-order valence-electron chi connectivity index (χ4n) is 2.21. The highest BCUT2D eigenvalue weighted by molar-refractivity contribution is 7.98. The molecular formula is C17H22N4O4S. The first kappa shape index (κ1) is 19.9. The van der Waals surface area contributed by atoms with E-state index in [2.05, 4.69) is 20.3 Å². The Labute approximate surface area is 155 Å². The van der Waals surface area contributed by atoms with Gasteiger partial charge in [0.1, 0.15) is 6.61 Å². The lowest BCUT2D eigenvalue weighted by Crippen LogP contribution is -2.20. The van der Waals surface area contributed by atoms with Crippen molar-refractivity contribution < 1.29 is 14.3 Å². The van der Waals surface area contributed by atoms with Gasteiger partial charge in [-0.1, -0.05) is 11.8 Å². The summed E-state index contributed by atoms with van der Waals surface area (Å²) in [6, 6.07) is 3.38. The Balaban J connectivity index is 1.88. The Morgan fingerprint density at radius 3 is 2.77 bits per heavy atom. The predicted molar refractivity (Wildman–Crippen MR) is 99.9 cm³/mol. The fourth-order valence-corrected chi connectivity index (χ4v) is 2.63. The summed E-state index contributed by atoms with van der Waals surface area (Å²) >= 11 is 1.37. The molecule has 0 spiro atoms. The highest BCUT2D eigenvalue weighted by Crippen LogP contribution is 2.13. The summed E-state index contributed by atoms with van der Waals surface area (Å²) in [5, 5.41) is 3.32. The van der Waals surface area contributed by atoms with Gasteiger partial charge in [-0.3, -0.25) is 9.59 Å². The minimum Gasteiger partial charge on any atom is -0.475 e. The van der Waals surface area contributed by atoms with Gasteiger partial charge in [0.15, 0.2) is 5.16 Å². The number of H-pyrrole nitrogens is 1. The molecule has 2 heterocycles. The number of ether oxygens (including phenoxy) is 2. The molecule has 8 nitrogen and oxygen atoms in total. The summed E-state index contributed by atoms with van der Waals surface area (Å²) in [4.78, 5) is 35.3. The van der Waals surface area contributed by atoms with Crippen LogP contribution >= 0.6 is 11.8 Å². The first-order valence-corrected chi connectivity index (χ1v) is 9.27. The number of carbonyl (C=O) groups excluding carboxylic acids is 1. The lowest BCUT2D eigenvalue weighted by atomic mass is 10.1. The molecule has 0 atom stereocenters. The molecule has 2 N–H and O–H groups in total. The van der Waals surface area contributed by atoms with Crippen LogP contribution in [0.25, 0.3) is 0 Å². The van der Waals surface area contributed by atoms with Crippen molar-refractivity contribution >= 4 is 23.4 Å². The van der Waals surface area contributed by atoms with Gasteiger partial charge in [0.25, 0.3) is 5.56 Å². The zero-order valence-corrected chi connectivity index (χ0v) is 15.8. The number of nitrogens with zero attached hydrogens (tertiary/aromatic N) is 2. The number of aromatic amines is 1. The molecule has 140 valence electrons. The number of hydrogen-bond acceptors (Lipinski definition) is 7. The topological polar surface area (TPSA) is 106 Å². The van der Waals surface area contributed by atoms with Gasteiger partial charge in [0.2, 0.25) is 11.8 Å². The zero-order chi connectivity index (χ0) is 18.9. The van der Waals surface area contributed by atoms with E-state index in [-0.39, 0.29) is 17.9 Å². The molecule has 26 heavy (non-hydrogen) atoms. The predicted octanol–water partition coefficient (Wildman–Crippen LogP) is 1.79. The third-order valence-electron chi connectivity index (χ3n) is 3.55. The number of thioether (sulfide) groups is 1. The van der Waals surface area contributed by atoms with Crippen LogP contribution in [-0.4, -0.2) is 47.4 Å². The summed E-state index contributed by atoms with van der Waals surface area (Å²) in [6.07, 6.45) is 3.86. The number of nitrogens with one attached hydrogen (secondary N) is 2. The number of amides is 1. The van der Waals surface area contributed by atoms with Crippen molar-refractivity contribution in [3.05, 3.63) is 39.9 Å². The molecule has 2 aromatic rings. The Bertz CT molecular complexity index is 792. The smallest absolute Gasteiger partial charge is 0.254 e. The van der Waals surface area contributed by atoms with E-state index in [0.717, 1.165) is 0 Å². The van der Waals surface area contributed by atoms with E-state index in [4.69, 9.17) is 9.47 Å². The molecule has 0 aliphatic rings. The zero-order valence-electron chi connectivity index (χ0n) is 15.0. The van der Waals surface area contributed by atoms with E-state index in [1.165, 1.54) is 18.0 Å². The van der Waals surface area contributed by atoms with Crippen LogP contribution in [0.15, 0.2) is 28.3 Å².